The Morgan fingerprint density at radius 3 is 2.37 bits per heavy atom. The number of piperazine rings is 1. The molecule has 1 saturated heterocycles. The van der Waals surface area contributed by atoms with E-state index in [1.807, 2.05) is 30.0 Å². The van der Waals surface area contributed by atoms with Crippen molar-refractivity contribution in [2.45, 2.75) is 51.1 Å². The molecule has 1 aromatic rings. The van der Waals surface area contributed by atoms with E-state index in [4.69, 9.17) is 4.74 Å². The van der Waals surface area contributed by atoms with Crippen LogP contribution in [0.2, 0.25) is 0 Å². The fourth-order valence-electron chi connectivity index (χ4n) is 3.19. The molecule has 3 rings (SSSR count). The molecule has 10 heteroatoms. The molecule has 0 spiro atoms. The fourth-order valence-corrected chi connectivity index (χ4v) is 3.19. The van der Waals surface area contributed by atoms with Gasteiger partial charge in [-0.3, -0.25) is 4.90 Å². The lowest BCUT2D eigenvalue weighted by Gasteiger charge is -2.35. The average Bonchev–Trinajstić information content (AvgIpc) is 3.44. The molecular weight excluding hydrogens is 405 g/mol. The van der Waals surface area contributed by atoms with Crippen molar-refractivity contribution in [2.24, 2.45) is 0 Å². The van der Waals surface area contributed by atoms with Gasteiger partial charge in [-0.1, -0.05) is 12.1 Å². The third-order valence-corrected chi connectivity index (χ3v) is 5.38. The molecule has 2 fully saturated rings. The normalized spacial score (nSPS) is 19.8. The Kier molecular flexibility index (Phi) is 6.16. The van der Waals surface area contributed by atoms with Crippen molar-refractivity contribution < 1.29 is 37.3 Å². The summed E-state index contributed by atoms with van der Waals surface area (Å²) >= 11 is 0. The Bertz CT molecular complexity index is 802. The number of carbonyl (C=O) groups is 2. The lowest BCUT2D eigenvalue weighted by Crippen LogP contribution is -2.49. The van der Waals surface area contributed by atoms with Crippen LogP contribution < -0.4 is 4.74 Å². The van der Waals surface area contributed by atoms with Gasteiger partial charge in [0.05, 0.1) is 0 Å². The Labute approximate surface area is 172 Å². The van der Waals surface area contributed by atoms with Crippen LogP contribution in [-0.4, -0.2) is 71.0 Å². The summed E-state index contributed by atoms with van der Waals surface area (Å²) < 4.78 is 48.0. The zero-order valence-electron chi connectivity index (χ0n) is 16.9. The highest BCUT2D eigenvalue weighted by Gasteiger charge is 2.53. The van der Waals surface area contributed by atoms with Gasteiger partial charge in [-0.05, 0) is 25.5 Å². The van der Waals surface area contributed by atoms with Crippen molar-refractivity contribution in [2.75, 3.05) is 26.2 Å². The number of aryl methyl sites for hydroxylation is 1. The Balaban J connectivity index is 1.58. The molecule has 1 amide bonds. The highest BCUT2D eigenvalue weighted by molar-refractivity contribution is 5.81. The topological polar surface area (TPSA) is 79.3 Å². The van der Waals surface area contributed by atoms with E-state index in [0.717, 1.165) is 18.1 Å². The minimum absolute atomic E-state index is 0.241. The minimum atomic E-state index is -4.59. The Morgan fingerprint density at radius 2 is 1.83 bits per heavy atom. The number of nitrogens with zero attached hydrogens (tertiary/aromatic N) is 2. The van der Waals surface area contributed by atoms with Crippen molar-refractivity contribution in [3.8, 4) is 5.75 Å². The molecule has 1 aliphatic heterocycles. The molecular formula is C20H25F3N2O5. The van der Waals surface area contributed by atoms with E-state index in [1.54, 1.807) is 0 Å². The summed E-state index contributed by atoms with van der Waals surface area (Å²) in [5.41, 5.74) is 0.622. The van der Waals surface area contributed by atoms with E-state index in [9.17, 15) is 27.9 Å². The van der Waals surface area contributed by atoms with Crippen LogP contribution in [0.1, 0.15) is 30.9 Å². The van der Waals surface area contributed by atoms with Crippen molar-refractivity contribution >= 4 is 12.1 Å². The first-order valence-electron chi connectivity index (χ1n) is 9.77. The predicted octanol–water partition coefficient (Wildman–Crippen LogP) is 3.20. The quantitative estimate of drug-likeness (QED) is 0.747. The Morgan fingerprint density at radius 1 is 1.20 bits per heavy atom. The van der Waals surface area contributed by atoms with Gasteiger partial charge in [-0.15, -0.1) is 0 Å². The largest absolute Gasteiger partial charge is 0.478 e. The number of halogens is 3. The zero-order valence-corrected chi connectivity index (χ0v) is 16.9. The summed E-state index contributed by atoms with van der Waals surface area (Å²) in [6, 6.07) is 5.60. The molecule has 0 bridgehead atoms. The number of hydrogen-bond acceptors (Lipinski definition) is 5. The number of benzene rings is 1. The number of hydrogen-bond donors (Lipinski definition) is 1. The van der Waals surface area contributed by atoms with Crippen molar-refractivity contribution in [1.29, 1.82) is 0 Å². The number of carbonyl (C=O) groups excluding carboxylic acids is 1. The number of rotatable bonds is 6. The highest BCUT2D eigenvalue weighted by Crippen LogP contribution is 2.41. The standard InChI is InChI=1S/C20H25F3N2O5/c1-13-3-4-15(16(11-13)30-19(5-6-19)17(26)27)12-24-7-9-25(10-8-24)18(28)29-14(2)20(21,22)23/h3-4,11,14H,5-10,12H2,1-2H3,(H,26,27). The van der Waals surface area contributed by atoms with Crippen LogP contribution >= 0.6 is 0 Å². The van der Waals surface area contributed by atoms with Gasteiger partial charge in [0.2, 0.25) is 5.60 Å². The maximum atomic E-state index is 12.6. The molecule has 7 nitrogen and oxygen atoms in total. The van der Waals surface area contributed by atoms with Crippen LogP contribution in [0.15, 0.2) is 18.2 Å². The second-order valence-electron chi connectivity index (χ2n) is 7.84. The summed E-state index contributed by atoms with van der Waals surface area (Å²) in [4.78, 5) is 26.7. The third kappa shape index (κ3) is 5.16. The fraction of sp³-hybridized carbons (Fsp3) is 0.600. The lowest BCUT2D eigenvalue weighted by atomic mass is 10.1. The number of aliphatic carboxylic acids is 1. The predicted molar refractivity (Wildman–Crippen MR) is 100 cm³/mol. The van der Waals surface area contributed by atoms with E-state index in [2.05, 4.69) is 4.74 Å². The number of ether oxygens (including phenoxy) is 2. The van der Waals surface area contributed by atoms with Crippen molar-refractivity contribution in [3.05, 3.63) is 29.3 Å². The maximum Gasteiger partial charge on any atom is 0.425 e. The summed E-state index contributed by atoms with van der Waals surface area (Å²) in [5, 5.41) is 9.39. The minimum Gasteiger partial charge on any atom is -0.478 e. The summed E-state index contributed by atoms with van der Waals surface area (Å²) in [6.07, 6.45) is -6.79. The molecule has 1 N–H and O–H groups in total. The molecule has 1 aliphatic carbocycles. The molecule has 1 atom stereocenters. The molecule has 1 heterocycles. The molecule has 2 aliphatic rings. The first kappa shape index (κ1) is 22.2. The van der Waals surface area contributed by atoms with Gasteiger partial charge in [-0.25, -0.2) is 9.59 Å². The molecule has 1 aromatic carbocycles. The molecule has 0 aromatic heterocycles. The molecule has 30 heavy (non-hydrogen) atoms. The maximum absolute atomic E-state index is 12.6. The summed E-state index contributed by atoms with van der Waals surface area (Å²) in [5.74, 6) is -0.453. The zero-order chi connectivity index (χ0) is 22.1. The second kappa shape index (κ2) is 8.33. The monoisotopic (exact) mass is 430 g/mol. The van der Waals surface area contributed by atoms with Crippen molar-refractivity contribution in [1.82, 2.24) is 9.80 Å². The number of alkyl halides is 3. The average molecular weight is 430 g/mol. The van der Waals surface area contributed by atoms with E-state index in [1.165, 1.54) is 4.90 Å². The van der Waals surface area contributed by atoms with E-state index in [0.29, 0.717) is 38.2 Å². The summed E-state index contributed by atoms with van der Waals surface area (Å²) in [6.45, 7) is 4.56. The van der Waals surface area contributed by atoms with Gasteiger partial charge < -0.3 is 19.5 Å². The number of carboxylic acid groups (broad SMARTS) is 1. The molecule has 166 valence electrons. The van der Waals surface area contributed by atoms with Gasteiger partial charge >= 0.3 is 18.2 Å². The Hall–Kier alpha value is -2.49. The van der Waals surface area contributed by atoms with Crippen LogP contribution in [-0.2, 0) is 16.1 Å². The van der Waals surface area contributed by atoms with Gasteiger partial charge in [0.1, 0.15) is 5.75 Å². The van der Waals surface area contributed by atoms with Crippen LogP contribution in [0.4, 0.5) is 18.0 Å². The van der Waals surface area contributed by atoms with E-state index in [-0.39, 0.29) is 13.1 Å². The van der Waals surface area contributed by atoms with E-state index < -0.39 is 29.9 Å². The molecule has 1 saturated carbocycles. The number of amides is 1. The van der Waals surface area contributed by atoms with Crippen LogP contribution in [0.5, 0.6) is 5.75 Å². The van der Waals surface area contributed by atoms with Crippen LogP contribution in [0.3, 0.4) is 0 Å². The van der Waals surface area contributed by atoms with Gasteiger partial charge in [0, 0.05) is 51.1 Å². The lowest BCUT2D eigenvalue weighted by molar-refractivity contribution is -0.200. The third-order valence-electron chi connectivity index (χ3n) is 5.38. The molecule has 1 unspecified atom stereocenters. The van der Waals surface area contributed by atoms with Crippen LogP contribution in [0, 0.1) is 6.92 Å². The van der Waals surface area contributed by atoms with Gasteiger partial charge in [0.15, 0.2) is 6.10 Å². The van der Waals surface area contributed by atoms with Crippen LogP contribution in [0.25, 0.3) is 0 Å². The highest BCUT2D eigenvalue weighted by atomic mass is 19.4. The SMILES string of the molecule is Cc1ccc(CN2CCN(C(=O)OC(C)C(F)(F)F)CC2)c(OC2(C(=O)O)CC2)c1. The smallest absolute Gasteiger partial charge is 0.425 e. The first-order valence-corrected chi connectivity index (χ1v) is 9.77. The number of carboxylic acids is 1. The molecule has 0 radical (unpaired) electrons. The summed E-state index contributed by atoms with van der Waals surface area (Å²) in [7, 11) is 0. The van der Waals surface area contributed by atoms with Gasteiger partial charge in [0.25, 0.3) is 0 Å². The first-order chi connectivity index (χ1) is 14.0. The van der Waals surface area contributed by atoms with Gasteiger partial charge in [-0.2, -0.15) is 13.2 Å². The second-order valence-corrected chi connectivity index (χ2v) is 7.84. The van der Waals surface area contributed by atoms with Crippen molar-refractivity contribution in [3.63, 3.8) is 0 Å². The van der Waals surface area contributed by atoms with E-state index >= 15 is 0 Å².